The highest BCUT2D eigenvalue weighted by Gasteiger charge is 2.24. The molecule has 0 aliphatic heterocycles. The number of aryl methyl sites for hydroxylation is 1. The average Bonchev–Trinajstić information content (AvgIpc) is 2.80. The van der Waals surface area contributed by atoms with Gasteiger partial charge in [-0.3, -0.25) is 9.82 Å². The molecule has 4 N–H and O–H groups in total. The Bertz CT molecular complexity index is 758. The highest BCUT2D eigenvalue weighted by Crippen LogP contribution is 2.24. The third-order valence-corrected chi connectivity index (χ3v) is 4.41. The predicted octanol–water partition coefficient (Wildman–Crippen LogP) is 1.13. The van der Waals surface area contributed by atoms with Crippen molar-refractivity contribution >= 4 is 15.7 Å². The number of benzene rings is 1. The molecule has 0 radical (unpaired) electrons. The number of methoxy groups -OCH3 is 1. The number of halogens is 1. The molecule has 0 spiro atoms. The van der Waals surface area contributed by atoms with Gasteiger partial charge in [-0.25, -0.2) is 12.8 Å². The number of aromatic amines is 1. The van der Waals surface area contributed by atoms with Crippen molar-refractivity contribution in [2.24, 2.45) is 5.73 Å². The van der Waals surface area contributed by atoms with Gasteiger partial charge in [0.15, 0.2) is 11.6 Å². The van der Waals surface area contributed by atoms with E-state index in [2.05, 4.69) is 14.9 Å². The lowest BCUT2D eigenvalue weighted by Crippen LogP contribution is -2.16. The van der Waals surface area contributed by atoms with Gasteiger partial charge in [-0.1, -0.05) is 0 Å². The topological polar surface area (TPSA) is 110 Å². The van der Waals surface area contributed by atoms with Gasteiger partial charge in [0.25, 0.3) is 10.0 Å². The second kappa shape index (κ2) is 5.70. The lowest BCUT2D eigenvalue weighted by Gasteiger charge is -2.10. The Morgan fingerprint density at radius 2 is 2.19 bits per heavy atom. The first-order valence-corrected chi connectivity index (χ1v) is 7.47. The third kappa shape index (κ3) is 2.98. The van der Waals surface area contributed by atoms with Gasteiger partial charge in [-0.15, -0.1) is 0 Å². The van der Waals surface area contributed by atoms with Crippen LogP contribution in [0, 0.1) is 12.7 Å². The van der Waals surface area contributed by atoms with Crippen molar-refractivity contribution in [3.63, 3.8) is 0 Å². The number of rotatable bonds is 5. The molecule has 0 aliphatic carbocycles. The van der Waals surface area contributed by atoms with Crippen LogP contribution in [0.1, 0.15) is 11.4 Å². The zero-order chi connectivity index (χ0) is 15.6. The van der Waals surface area contributed by atoms with Crippen molar-refractivity contribution in [2.45, 2.75) is 18.4 Å². The van der Waals surface area contributed by atoms with Crippen LogP contribution < -0.4 is 15.2 Å². The van der Waals surface area contributed by atoms with E-state index in [1.165, 1.54) is 19.2 Å². The number of nitrogens with two attached hydrogens (primary N) is 1. The lowest BCUT2D eigenvalue weighted by molar-refractivity contribution is 0.386. The molecule has 0 saturated heterocycles. The molecule has 0 amide bonds. The molecule has 0 bridgehead atoms. The van der Waals surface area contributed by atoms with Gasteiger partial charge < -0.3 is 10.5 Å². The summed E-state index contributed by atoms with van der Waals surface area (Å²) >= 11 is 0. The number of hydrogen-bond acceptors (Lipinski definition) is 5. The first-order valence-electron chi connectivity index (χ1n) is 5.99. The van der Waals surface area contributed by atoms with Crippen LogP contribution in [0.5, 0.6) is 5.75 Å². The fourth-order valence-electron chi connectivity index (χ4n) is 1.90. The van der Waals surface area contributed by atoms with E-state index in [0.717, 1.165) is 6.07 Å². The van der Waals surface area contributed by atoms with Crippen LogP contribution in [0.25, 0.3) is 0 Å². The molecule has 0 aliphatic rings. The minimum absolute atomic E-state index is 0.0266. The number of nitrogens with one attached hydrogen (secondary N) is 2. The van der Waals surface area contributed by atoms with Gasteiger partial charge in [0.2, 0.25) is 0 Å². The van der Waals surface area contributed by atoms with E-state index in [1.54, 1.807) is 6.92 Å². The van der Waals surface area contributed by atoms with E-state index in [-0.39, 0.29) is 28.6 Å². The SMILES string of the molecule is COc1ccc(NS(=O)(=O)c2c(CN)n[nH]c2C)cc1F. The number of sulfonamides is 1. The fourth-order valence-corrected chi connectivity index (χ4v) is 3.33. The molecule has 2 rings (SSSR count). The van der Waals surface area contributed by atoms with Crippen molar-refractivity contribution in [3.8, 4) is 5.75 Å². The molecule has 2 aromatic rings. The maximum Gasteiger partial charge on any atom is 0.265 e. The monoisotopic (exact) mass is 314 g/mol. The fraction of sp³-hybridized carbons (Fsp3) is 0.250. The van der Waals surface area contributed by atoms with Gasteiger partial charge in [0.05, 0.1) is 24.2 Å². The number of ether oxygens (including phenoxy) is 1. The van der Waals surface area contributed by atoms with Gasteiger partial charge in [0, 0.05) is 12.6 Å². The van der Waals surface area contributed by atoms with E-state index >= 15 is 0 Å². The standard InChI is InChI=1S/C12H15FN4O3S/c1-7-12(10(6-14)16-15-7)21(18,19)17-8-3-4-11(20-2)9(13)5-8/h3-5,17H,6,14H2,1-2H3,(H,15,16). The van der Waals surface area contributed by atoms with Gasteiger partial charge in [-0.2, -0.15) is 5.10 Å². The summed E-state index contributed by atoms with van der Waals surface area (Å²) in [5.74, 6) is -0.638. The van der Waals surface area contributed by atoms with Crippen LogP contribution >= 0.6 is 0 Å². The van der Waals surface area contributed by atoms with E-state index in [4.69, 9.17) is 10.5 Å². The predicted molar refractivity (Wildman–Crippen MR) is 75.0 cm³/mol. The Morgan fingerprint density at radius 1 is 1.48 bits per heavy atom. The van der Waals surface area contributed by atoms with Crippen LogP contribution in [-0.2, 0) is 16.6 Å². The second-order valence-electron chi connectivity index (χ2n) is 4.28. The minimum Gasteiger partial charge on any atom is -0.494 e. The Labute approximate surface area is 121 Å². The lowest BCUT2D eigenvalue weighted by atomic mass is 10.3. The Hall–Kier alpha value is -2.13. The van der Waals surface area contributed by atoms with Crippen LogP contribution in [0.15, 0.2) is 23.1 Å². The van der Waals surface area contributed by atoms with Crippen LogP contribution in [0.3, 0.4) is 0 Å². The van der Waals surface area contributed by atoms with E-state index in [9.17, 15) is 12.8 Å². The van der Waals surface area contributed by atoms with Crippen LogP contribution in [0.2, 0.25) is 0 Å². The Balaban J connectivity index is 2.37. The molecule has 114 valence electrons. The van der Waals surface area contributed by atoms with Gasteiger partial charge >= 0.3 is 0 Å². The molecule has 9 heteroatoms. The first kappa shape index (κ1) is 15.3. The summed E-state index contributed by atoms with van der Waals surface area (Å²) in [6.45, 7) is 1.53. The minimum atomic E-state index is -3.91. The molecule has 1 heterocycles. The molecular weight excluding hydrogens is 299 g/mol. The number of aromatic nitrogens is 2. The summed E-state index contributed by atoms with van der Waals surface area (Å²) in [6.07, 6.45) is 0. The summed E-state index contributed by atoms with van der Waals surface area (Å²) in [7, 11) is -2.59. The maximum atomic E-state index is 13.6. The quantitative estimate of drug-likeness (QED) is 0.766. The molecule has 7 nitrogen and oxygen atoms in total. The molecule has 0 atom stereocenters. The maximum absolute atomic E-state index is 13.6. The molecular formula is C12H15FN4O3S. The molecule has 0 unspecified atom stereocenters. The van der Waals surface area contributed by atoms with Crippen molar-refractivity contribution in [1.29, 1.82) is 0 Å². The van der Waals surface area contributed by atoms with E-state index < -0.39 is 15.8 Å². The molecule has 1 aromatic heterocycles. The highest BCUT2D eigenvalue weighted by atomic mass is 32.2. The number of anilines is 1. The van der Waals surface area contributed by atoms with Crippen molar-refractivity contribution in [1.82, 2.24) is 10.2 Å². The van der Waals surface area contributed by atoms with Gasteiger partial charge in [0.1, 0.15) is 4.90 Å². The second-order valence-corrected chi connectivity index (χ2v) is 5.90. The summed E-state index contributed by atoms with van der Waals surface area (Å²) < 4.78 is 45.4. The number of H-pyrrole nitrogens is 1. The zero-order valence-corrected chi connectivity index (χ0v) is 12.3. The highest BCUT2D eigenvalue weighted by molar-refractivity contribution is 7.92. The molecule has 0 saturated carbocycles. The van der Waals surface area contributed by atoms with Crippen LogP contribution in [0.4, 0.5) is 10.1 Å². The average molecular weight is 314 g/mol. The van der Waals surface area contributed by atoms with Crippen LogP contribution in [-0.4, -0.2) is 25.7 Å². The number of nitrogens with zero attached hydrogens (tertiary/aromatic N) is 1. The summed E-state index contributed by atoms with van der Waals surface area (Å²) in [4.78, 5) is -0.0266. The zero-order valence-electron chi connectivity index (χ0n) is 11.5. The van der Waals surface area contributed by atoms with Crippen molar-refractivity contribution < 1.29 is 17.5 Å². The summed E-state index contributed by atoms with van der Waals surface area (Å²) in [5, 5.41) is 6.39. The Morgan fingerprint density at radius 3 is 2.76 bits per heavy atom. The van der Waals surface area contributed by atoms with Gasteiger partial charge in [-0.05, 0) is 19.1 Å². The van der Waals surface area contributed by atoms with E-state index in [1.807, 2.05) is 0 Å². The summed E-state index contributed by atoms with van der Waals surface area (Å²) in [5.41, 5.74) is 6.12. The molecule has 1 aromatic carbocycles. The summed E-state index contributed by atoms with van der Waals surface area (Å²) in [6, 6.07) is 3.77. The first-order chi connectivity index (χ1) is 9.89. The van der Waals surface area contributed by atoms with Crippen molar-refractivity contribution in [2.75, 3.05) is 11.8 Å². The normalized spacial score (nSPS) is 11.4. The largest absolute Gasteiger partial charge is 0.494 e. The third-order valence-electron chi connectivity index (χ3n) is 2.83. The smallest absolute Gasteiger partial charge is 0.265 e. The Kier molecular flexibility index (Phi) is 4.14. The number of hydrogen-bond donors (Lipinski definition) is 3. The molecule has 21 heavy (non-hydrogen) atoms. The van der Waals surface area contributed by atoms with Crippen molar-refractivity contribution in [3.05, 3.63) is 35.4 Å². The van der Waals surface area contributed by atoms with E-state index in [0.29, 0.717) is 5.69 Å². The molecule has 0 fully saturated rings.